The Kier molecular flexibility index (Phi) is 2.33. The van der Waals surface area contributed by atoms with Gasteiger partial charge in [0.05, 0.1) is 5.57 Å². The molecule has 0 saturated carbocycles. The summed E-state index contributed by atoms with van der Waals surface area (Å²) in [5.74, 6) is -0.0186. The fourth-order valence-corrected chi connectivity index (χ4v) is 1.43. The Hall–Kier alpha value is -1.97. The number of carbonyl (C=O) groups is 1. The minimum absolute atomic E-state index is 0.0114. The van der Waals surface area contributed by atoms with Crippen molar-refractivity contribution in [3.8, 4) is 11.5 Å². The van der Waals surface area contributed by atoms with Gasteiger partial charge in [-0.3, -0.25) is 0 Å². The normalized spacial score (nSPS) is 13.3. The third-order valence-electron chi connectivity index (χ3n) is 2.15. The van der Waals surface area contributed by atoms with Crippen molar-refractivity contribution < 1.29 is 19.4 Å². The van der Waals surface area contributed by atoms with Gasteiger partial charge in [-0.25, -0.2) is 4.79 Å². The SMILES string of the molecule is C=C(C(=O)O)c1cccc2c1OCCO2. The number of benzene rings is 1. The van der Waals surface area contributed by atoms with Crippen molar-refractivity contribution in [1.82, 2.24) is 0 Å². The summed E-state index contributed by atoms with van der Waals surface area (Å²) < 4.78 is 10.7. The van der Waals surface area contributed by atoms with E-state index in [0.717, 1.165) is 0 Å². The maximum atomic E-state index is 10.8. The molecular formula is C11H10O4. The van der Waals surface area contributed by atoms with Crippen LogP contribution in [-0.2, 0) is 4.79 Å². The first-order valence-electron chi connectivity index (χ1n) is 4.51. The maximum absolute atomic E-state index is 10.8. The standard InChI is InChI=1S/C11H10O4/c1-7(11(12)13)8-3-2-4-9-10(8)15-6-5-14-9/h2-4H,1,5-6H2,(H,12,13). The van der Waals surface area contributed by atoms with Gasteiger partial charge in [0, 0.05) is 5.56 Å². The first kappa shape index (κ1) is 9.58. The Balaban J connectivity index is 2.48. The zero-order chi connectivity index (χ0) is 10.8. The molecule has 0 atom stereocenters. The van der Waals surface area contributed by atoms with Crippen LogP contribution in [0.2, 0.25) is 0 Å². The fourth-order valence-electron chi connectivity index (χ4n) is 1.43. The molecule has 0 spiro atoms. The van der Waals surface area contributed by atoms with Gasteiger partial charge in [0.25, 0.3) is 0 Å². The fraction of sp³-hybridized carbons (Fsp3) is 0.182. The summed E-state index contributed by atoms with van der Waals surface area (Å²) >= 11 is 0. The van der Waals surface area contributed by atoms with Gasteiger partial charge in [0.1, 0.15) is 13.2 Å². The van der Waals surface area contributed by atoms with E-state index in [9.17, 15) is 4.79 Å². The second-order valence-electron chi connectivity index (χ2n) is 3.11. The van der Waals surface area contributed by atoms with Crippen molar-refractivity contribution in [3.05, 3.63) is 30.3 Å². The molecule has 1 aromatic carbocycles. The zero-order valence-corrected chi connectivity index (χ0v) is 8.03. The smallest absolute Gasteiger partial charge is 0.335 e. The second kappa shape index (κ2) is 3.65. The monoisotopic (exact) mass is 206 g/mol. The summed E-state index contributed by atoms with van der Waals surface area (Å²) in [4.78, 5) is 10.8. The molecule has 0 unspecified atom stereocenters. The van der Waals surface area contributed by atoms with E-state index in [1.807, 2.05) is 0 Å². The first-order chi connectivity index (χ1) is 7.20. The van der Waals surface area contributed by atoms with Gasteiger partial charge in [-0.15, -0.1) is 0 Å². The highest BCUT2D eigenvalue weighted by Gasteiger charge is 2.19. The number of carboxylic acids is 1. The quantitative estimate of drug-likeness (QED) is 0.746. The van der Waals surface area contributed by atoms with Crippen LogP contribution in [0, 0.1) is 0 Å². The van der Waals surface area contributed by atoms with Crippen molar-refractivity contribution >= 4 is 11.5 Å². The van der Waals surface area contributed by atoms with Gasteiger partial charge in [0.2, 0.25) is 0 Å². The molecule has 0 radical (unpaired) electrons. The van der Waals surface area contributed by atoms with E-state index < -0.39 is 5.97 Å². The number of ether oxygens (including phenoxy) is 2. The molecule has 1 N–H and O–H groups in total. The summed E-state index contributed by atoms with van der Waals surface area (Å²) in [6.07, 6.45) is 0. The number of hydrogen-bond acceptors (Lipinski definition) is 3. The molecule has 1 aliphatic rings. The molecule has 0 fully saturated rings. The van der Waals surface area contributed by atoms with Crippen LogP contribution in [0.4, 0.5) is 0 Å². The molecule has 0 bridgehead atoms. The average Bonchev–Trinajstić information content (AvgIpc) is 2.27. The number of fused-ring (bicyclic) bond motifs is 1. The van der Waals surface area contributed by atoms with Crippen LogP contribution in [0.3, 0.4) is 0 Å². The first-order valence-corrected chi connectivity index (χ1v) is 4.51. The van der Waals surface area contributed by atoms with E-state index in [-0.39, 0.29) is 5.57 Å². The Labute approximate surface area is 86.7 Å². The van der Waals surface area contributed by atoms with Crippen molar-refractivity contribution in [2.45, 2.75) is 0 Å². The van der Waals surface area contributed by atoms with Crippen LogP contribution in [0.25, 0.3) is 5.57 Å². The van der Waals surface area contributed by atoms with Crippen LogP contribution >= 0.6 is 0 Å². The molecule has 1 aliphatic heterocycles. The van der Waals surface area contributed by atoms with Crippen LogP contribution in [0.5, 0.6) is 11.5 Å². The minimum Gasteiger partial charge on any atom is -0.486 e. The Morgan fingerprint density at radius 2 is 2.07 bits per heavy atom. The van der Waals surface area contributed by atoms with E-state index in [2.05, 4.69) is 6.58 Å². The summed E-state index contributed by atoms with van der Waals surface area (Å²) in [7, 11) is 0. The highest BCUT2D eigenvalue weighted by atomic mass is 16.6. The lowest BCUT2D eigenvalue weighted by molar-refractivity contribution is -0.130. The van der Waals surface area contributed by atoms with Gasteiger partial charge >= 0.3 is 5.97 Å². The number of para-hydroxylation sites is 1. The van der Waals surface area contributed by atoms with Crippen molar-refractivity contribution in [1.29, 1.82) is 0 Å². The number of carboxylic acid groups (broad SMARTS) is 1. The predicted octanol–water partition coefficient (Wildman–Crippen LogP) is 1.56. The van der Waals surface area contributed by atoms with Crippen LogP contribution in [-0.4, -0.2) is 24.3 Å². The van der Waals surface area contributed by atoms with Crippen LogP contribution < -0.4 is 9.47 Å². The molecule has 1 heterocycles. The Morgan fingerprint density at radius 3 is 2.80 bits per heavy atom. The number of rotatable bonds is 2. The molecule has 0 aromatic heterocycles. The average molecular weight is 206 g/mol. The predicted molar refractivity (Wildman–Crippen MR) is 54.1 cm³/mol. The molecule has 4 nitrogen and oxygen atoms in total. The van der Waals surface area contributed by atoms with Crippen molar-refractivity contribution in [2.24, 2.45) is 0 Å². The lowest BCUT2D eigenvalue weighted by atomic mass is 10.1. The summed E-state index contributed by atoms with van der Waals surface area (Å²) in [5, 5.41) is 8.84. The van der Waals surface area contributed by atoms with E-state index in [1.165, 1.54) is 0 Å². The maximum Gasteiger partial charge on any atom is 0.335 e. The minimum atomic E-state index is -1.06. The third-order valence-corrected chi connectivity index (χ3v) is 2.15. The van der Waals surface area contributed by atoms with E-state index >= 15 is 0 Å². The topological polar surface area (TPSA) is 55.8 Å². The van der Waals surface area contributed by atoms with Gasteiger partial charge in [-0.2, -0.15) is 0 Å². The highest BCUT2D eigenvalue weighted by molar-refractivity contribution is 6.15. The lowest BCUT2D eigenvalue weighted by Crippen LogP contribution is -2.17. The number of aliphatic carboxylic acids is 1. The van der Waals surface area contributed by atoms with Crippen LogP contribution in [0.15, 0.2) is 24.8 Å². The van der Waals surface area contributed by atoms with Gasteiger partial charge in [0.15, 0.2) is 11.5 Å². The third kappa shape index (κ3) is 1.66. The van der Waals surface area contributed by atoms with Crippen LogP contribution in [0.1, 0.15) is 5.56 Å². The molecule has 0 amide bonds. The highest BCUT2D eigenvalue weighted by Crippen LogP contribution is 2.36. The largest absolute Gasteiger partial charge is 0.486 e. The molecule has 0 saturated heterocycles. The van der Waals surface area contributed by atoms with E-state index in [1.54, 1.807) is 18.2 Å². The molecule has 2 rings (SSSR count). The van der Waals surface area contributed by atoms with Gasteiger partial charge in [-0.1, -0.05) is 18.7 Å². The Bertz CT molecular complexity index is 423. The molecule has 0 aliphatic carbocycles. The van der Waals surface area contributed by atoms with Crippen molar-refractivity contribution in [2.75, 3.05) is 13.2 Å². The second-order valence-corrected chi connectivity index (χ2v) is 3.11. The summed E-state index contributed by atoms with van der Waals surface area (Å²) in [5.41, 5.74) is 0.483. The molecule has 15 heavy (non-hydrogen) atoms. The molecular weight excluding hydrogens is 196 g/mol. The zero-order valence-electron chi connectivity index (χ0n) is 8.03. The molecule has 1 aromatic rings. The Morgan fingerprint density at radius 1 is 1.33 bits per heavy atom. The van der Waals surface area contributed by atoms with E-state index in [0.29, 0.717) is 30.3 Å². The summed E-state index contributed by atoms with van der Waals surface area (Å²) in [6.45, 7) is 4.41. The van der Waals surface area contributed by atoms with Crippen molar-refractivity contribution in [3.63, 3.8) is 0 Å². The van der Waals surface area contributed by atoms with Gasteiger partial charge < -0.3 is 14.6 Å². The summed E-state index contributed by atoms with van der Waals surface area (Å²) in [6, 6.07) is 5.12. The molecule has 78 valence electrons. The molecule has 4 heteroatoms. The van der Waals surface area contributed by atoms with E-state index in [4.69, 9.17) is 14.6 Å². The van der Waals surface area contributed by atoms with Gasteiger partial charge in [-0.05, 0) is 6.07 Å². The lowest BCUT2D eigenvalue weighted by Gasteiger charge is -2.20. The number of hydrogen-bond donors (Lipinski definition) is 1.